The third-order valence-corrected chi connectivity index (χ3v) is 3.53. The monoisotopic (exact) mass is 333 g/mol. The van der Waals surface area contributed by atoms with Crippen LogP contribution in [-0.4, -0.2) is 55.0 Å². The number of esters is 1. The van der Waals surface area contributed by atoms with Gasteiger partial charge in [0.1, 0.15) is 0 Å². The third kappa shape index (κ3) is 3.69. The fourth-order valence-corrected chi connectivity index (χ4v) is 2.69. The molecule has 8 nitrogen and oxygen atoms in total. The first kappa shape index (κ1) is 17.8. The first-order chi connectivity index (χ1) is 11.2. The van der Waals surface area contributed by atoms with E-state index in [9.17, 15) is 9.59 Å². The lowest BCUT2D eigenvalue weighted by molar-refractivity contribution is -0.138. The molecule has 0 atom stereocenters. The number of aromatic nitrogens is 4. The summed E-state index contributed by atoms with van der Waals surface area (Å²) in [6, 6.07) is 1.89. The quantitative estimate of drug-likeness (QED) is 0.771. The van der Waals surface area contributed by atoms with Gasteiger partial charge in [-0.2, -0.15) is 4.98 Å². The number of carbonyl (C=O) groups is 2. The zero-order valence-corrected chi connectivity index (χ0v) is 14.9. The predicted octanol–water partition coefficient (Wildman–Crippen LogP) is 1.54. The molecule has 0 fully saturated rings. The van der Waals surface area contributed by atoms with Crippen molar-refractivity contribution in [3.63, 3.8) is 0 Å². The van der Waals surface area contributed by atoms with Gasteiger partial charge in [-0.05, 0) is 47.6 Å². The summed E-state index contributed by atoms with van der Waals surface area (Å²) in [4.78, 5) is 34.3. The summed E-state index contributed by atoms with van der Waals surface area (Å²) in [6.45, 7) is 11.0. The van der Waals surface area contributed by atoms with E-state index in [1.54, 1.807) is 4.90 Å². The minimum absolute atomic E-state index is 0.0272. The van der Waals surface area contributed by atoms with Gasteiger partial charge in [-0.1, -0.05) is 0 Å². The minimum atomic E-state index is -0.738. The Bertz CT molecular complexity index is 758. The van der Waals surface area contributed by atoms with Crippen LogP contribution in [0.5, 0.6) is 0 Å². The van der Waals surface area contributed by atoms with Crippen molar-refractivity contribution in [3.05, 3.63) is 23.3 Å². The molecule has 8 heteroatoms. The normalized spacial score (nSPS) is 11.3. The fourth-order valence-electron chi connectivity index (χ4n) is 2.69. The Morgan fingerprint density at radius 1 is 1.17 bits per heavy atom. The SMILES string of the molecule is Cc1cc(C)n2nc(C(=O)OCC(=O)N(C(C)C)C(C)C)nc2n1. The van der Waals surface area contributed by atoms with Crippen molar-refractivity contribution in [2.75, 3.05) is 6.61 Å². The van der Waals surface area contributed by atoms with Gasteiger partial charge in [0.25, 0.3) is 17.5 Å². The topological polar surface area (TPSA) is 89.7 Å². The van der Waals surface area contributed by atoms with E-state index in [0.29, 0.717) is 5.78 Å². The molecule has 0 saturated carbocycles. The van der Waals surface area contributed by atoms with Gasteiger partial charge in [0.2, 0.25) is 0 Å². The Balaban J connectivity index is 2.10. The number of carbonyl (C=O) groups excluding carboxylic acids is 2. The molecule has 0 aliphatic rings. The first-order valence-electron chi connectivity index (χ1n) is 7.90. The molecule has 2 rings (SSSR count). The Labute approximate surface area is 140 Å². The number of amides is 1. The van der Waals surface area contributed by atoms with E-state index in [1.165, 1.54) is 4.52 Å². The first-order valence-corrected chi connectivity index (χ1v) is 7.90. The van der Waals surface area contributed by atoms with Crippen molar-refractivity contribution < 1.29 is 14.3 Å². The molecule has 0 aromatic carbocycles. The molecule has 0 aliphatic heterocycles. The smallest absolute Gasteiger partial charge is 0.378 e. The van der Waals surface area contributed by atoms with Gasteiger partial charge < -0.3 is 9.64 Å². The average Bonchev–Trinajstić information content (AvgIpc) is 2.88. The zero-order chi connectivity index (χ0) is 18.0. The van der Waals surface area contributed by atoms with Crippen molar-refractivity contribution in [3.8, 4) is 0 Å². The number of hydrogen-bond acceptors (Lipinski definition) is 6. The molecule has 2 heterocycles. The van der Waals surface area contributed by atoms with Crippen LogP contribution in [0.15, 0.2) is 6.07 Å². The molecule has 0 aliphatic carbocycles. The maximum Gasteiger partial charge on any atom is 0.378 e. The Morgan fingerprint density at radius 3 is 2.38 bits per heavy atom. The number of ether oxygens (including phenoxy) is 1. The standard InChI is InChI=1S/C16H23N5O3/c1-9(2)20(10(3)4)13(22)8-24-15(23)14-18-16-17-11(5)7-12(6)21(16)19-14/h7,9-10H,8H2,1-6H3. The fraction of sp³-hybridized carbons (Fsp3) is 0.562. The van der Waals surface area contributed by atoms with E-state index < -0.39 is 5.97 Å². The van der Waals surface area contributed by atoms with E-state index in [1.807, 2.05) is 47.6 Å². The maximum absolute atomic E-state index is 12.2. The van der Waals surface area contributed by atoms with Crippen LogP contribution in [0.2, 0.25) is 0 Å². The van der Waals surface area contributed by atoms with Gasteiger partial charge in [0.15, 0.2) is 6.61 Å². The molecular weight excluding hydrogens is 310 g/mol. The molecular formula is C16H23N5O3. The lowest BCUT2D eigenvalue weighted by Crippen LogP contribution is -2.44. The van der Waals surface area contributed by atoms with Crippen LogP contribution in [0.4, 0.5) is 0 Å². The number of rotatable bonds is 5. The number of nitrogens with zero attached hydrogens (tertiary/aromatic N) is 5. The maximum atomic E-state index is 12.2. The van der Waals surface area contributed by atoms with E-state index >= 15 is 0 Å². The second-order valence-corrected chi connectivity index (χ2v) is 6.25. The average molecular weight is 333 g/mol. The third-order valence-electron chi connectivity index (χ3n) is 3.53. The molecule has 130 valence electrons. The zero-order valence-electron chi connectivity index (χ0n) is 14.9. The summed E-state index contributed by atoms with van der Waals surface area (Å²) in [5.74, 6) is -0.762. The highest BCUT2D eigenvalue weighted by Crippen LogP contribution is 2.08. The van der Waals surface area contributed by atoms with Crippen molar-refractivity contribution in [1.29, 1.82) is 0 Å². The van der Waals surface area contributed by atoms with Crippen LogP contribution in [0, 0.1) is 13.8 Å². The van der Waals surface area contributed by atoms with E-state index in [2.05, 4.69) is 15.1 Å². The minimum Gasteiger partial charge on any atom is -0.450 e. The van der Waals surface area contributed by atoms with Crippen molar-refractivity contribution in [2.45, 2.75) is 53.6 Å². The molecule has 0 spiro atoms. The van der Waals surface area contributed by atoms with Gasteiger partial charge in [-0.3, -0.25) is 4.79 Å². The largest absolute Gasteiger partial charge is 0.450 e. The van der Waals surface area contributed by atoms with Crippen LogP contribution in [0.3, 0.4) is 0 Å². The number of hydrogen-bond donors (Lipinski definition) is 0. The molecule has 0 N–H and O–H groups in total. The van der Waals surface area contributed by atoms with Crippen LogP contribution in [-0.2, 0) is 9.53 Å². The van der Waals surface area contributed by atoms with Crippen molar-refractivity contribution in [1.82, 2.24) is 24.5 Å². The van der Waals surface area contributed by atoms with Crippen molar-refractivity contribution >= 4 is 17.7 Å². The second-order valence-electron chi connectivity index (χ2n) is 6.25. The van der Waals surface area contributed by atoms with Gasteiger partial charge in [-0.15, -0.1) is 5.10 Å². The van der Waals surface area contributed by atoms with Gasteiger partial charge in [0.05, 0.1) is 0 Å². The van der Waals surface area contributed by atoms with Gasteiger partial charge in [-0.25, -0.2) is 14.3 Å². The summed E-state index contributed by atoms with van der Waals surface area (Å²) >= 11 is 0. The number of aryl methyl sites for hydroxylation is 2. The Morgan fingerprint density at radius 2 is 1.79 bits per heavy atom. The lowest BCUT2D eigenvalue weighted by atomic mass is 10.2. The highest BCUT2D eigenvalue weighted by atomic mass is 16.5. The van der Waals surface area contributed by atoms with Gasteiger partial charge >= 0.3 is 5.97 Å². The van der Waals surface area contributed by atoms with Crippen molar-refractivity contribution in [2.24, 2.45) is 0 Å². The Kier molecular flexibility index (Phi) is 5.16. The summed E-state index contributed by atoms with van der Waals surface area (Å²) in [6.07, 6.45) is 0. The van der Waals surface area contributed by atoms with E-state index in [4.69, 9.17) is 4.74 Å². The summed E-state index contributed by atoms with van der Waals surface area (Å²) in [5, 5.41) is 4.09. The van der Waals surface area contributed by atoms with Crippen LogP contribution < -0.4 is 0 Å². The summed E-state index contributed by atoms with van der Waals surface area (Å²) in [5.41, 5.74) is 1.60. The van der Waals surface area contributed by atoms with Crippen LogP contribution in [0.1, 0.15) is 49.7 Å². The van der Waals surface area contributed by atoms with E-state index in [-0.39, 0.29) is 30.4 Å². The molecule has 1 amide bonds. The molecule has 0 saturated heterocycles. The predicted molar refractivity (Wildman–Crippen MR) is 87.7 cm³/mol. The summed E-state index contributed by atoms with van der Waals surface area (Å²) < 4.78 is 6.55. The molecule has 0 unspecified atom stereocenters. The van der Waals surface area contributed by atoms with Gasteiger partial charge in [0, 0.05) is 23.5 Å². The highest BCUT2D eigenvalue weighted by Gasteiger charge is 2.23. The molecule has 2 aromatic rings. The molecule has 24 heavy (non-hydrogen) atoms. The highest BCUT2D eigenvalue weighted by molar-refractivity contribution is 5.88. The molecule has 0 radical (unpaired) electrons. The van der Waals surface area contributed by atoms with Crippen LogP contribution in [0.25, 0.3) is 5.78 Å². The molecule has 2 aromatic heterocycles. The second kappa shape index (κ2) is 6.94. The van der Waals surface area contributed by atoms with Crippen LogP contribution >= 0.6 is 0 Å². The number of fused-ring (bicyclic) bond motifs is 1. The lowest BCUT2D eigenvalue weighted by Gasteiger charge is -2.30. The van der Waals surface area contributed by atoms with E-state index in [0.717, 1.165) is 11.4 Å². The Hall–Kier alpha value is -2.51. The summed E-state index contributed by atoms with van der Waals surface area (Å²) in [7, 11) is 0. The molecule has 0 bridgehead atoms.